The first-order valence-corrected chi connectivity index (χ1v) is 11.4. The van der Waals surface area contributed by atoms with Crippen LogP contribution in [-0.4, -0.2) is 30.7 Å². The van der Waals surface area contributed by atoms with Crippen molar-refractivity contribution >= 4 is 22.8 Å². The van der Waals surface area contributed by atoms with Crippen molar-refractivity contribution in [3.63, 3.8) is 0 Å². The summed E-state index contributed by atoms with van der Waals surface area (Å²) in [6, 6.07) is 10.9. The number of hydrogen-bond acceptors (Lipinski definition) is 5. The van der Waals surface area contributed by atoms with E-state index in [1.165, 1.54) is 4.57 Å². The topological polar surface area (TPSA) is 94.8 Å². The number of halogens is 1. The van der Waals surface area contributed by atoms with Gasteiger partial charge in [0.15, 0.2) is 11.2 Å². The Kier molecular flexibility index (Phi) is 5.54. The molecule has 0 bridgehead atoms. The summed E-state index contributed by atoms with van der Waals surface area (Å²) in [7, 11) is 0. The minimum absolute atomic E-state index is 0.192. The predicted molar refractivity (Wildman–Crippen MR) is 127 cm³/mol. The van der Waals surface area contributed by atoms with Gasteiger partial charge in [-0.3, -0.25) is 14.3 Å². The lowest BCUT2D eigenvalue weighted by Crippen LogP contribution is -2.32. The fourth-order valence-corrected chi connectivity index (χ4v) is 4.04. The van der Waals surface area contributed by atoms with E-state index < -0.39 is 11.2 Å². The highest BCUT2D eigenvalue weighted by Gasteiger charge is 2.25. The van der Waals surface area contributed by atoms with Crippen molar-refractivity contribution in [2.45, 2.75) is 39.3 Å². The molecule has 1 saturated carbocycles. The third-order valence-electron chi connectivity index (χ3n) is 5.77. The molecule has 0 spiro atoms. The number of imidazole rings is 1. The lowest BCUT2D eigenvalue weighted by Gasteiger charge is -2.13. The Morgan fingerprint density at radius 2 is 1.94 bits per heavy atom. The van der Waals surface area contributed by atoms with Crippen LogP contribution in [0.3, 0.4) is 0 Å². The molecule has 0 saturated heterocycles. The van der Waals surface area contributed by atoms with Gasteiger partial charge in [-0.2, -0.15) is 0 Å². The van der Waals surface area contributed by atoms with Gasteiger partial charge in [0, 0.05) is 23.8 Å². The monoisotopic (exact) mass is 465 g/mol. The first-order valence-electron chi connectivity index (χ1n) is 11.0. The fourth-order valence-electron chi connectivity index (χ4n) is 3.91. The van der Waals surface area contributed by atoms with Gasteiger partial charge in [-0.25, -0.2) is 14.8 Å². The number of nitrogens with one attached hydrogen (secondary N) is 1. The number of fused-ring (bicyclic) bond motifs is 1. The van der Waals surface area contributed by atoms with E-state index in [4.69, 9.17) is 21.3 Å². The first-order chi connectivity index (χ1) is 15.9. The van der Waals surface area contributed by atoms with Gasteiger partial charge in [0.05, 0.1) is 12.2 Å². The van der Waals surface area contributed by atoms with Crippen LogP contribution >= 0.6 is 11.6 Å². The smallest absolute Gasteiger partial charge is 0.330 e. The van der Waals surface area contributed by atoms with Gasteiger partial charge in [-0.05, 0) is 62.4 Å². The highest BCUT2D eigenvalue weighted by molar-refractivity contribution is 6.30. The summed E-state index contributed by atoms with van der Waals surface area (Å²) in [5.74, 6) is 1.54. The van der Waals surface area contributed by atoms with E-state index in [-0.39, 0.29) is 6.04 Å². The van der Waals surface area contributed by atoms with Crippen LogP contribution in [0.25, 0.3) is 22.6 Å². The molecule has 9 heteroatoms. The summed E-state index contributed by atoms with van der Waals surface area (Å²) in [5.41, 5.74) is 1.30. The Morgan fingerprint density at radius 1 is 1.18 bits per heavy atom. The number of aromatic amines is 1. The van der Waals surface area contributed by atoms with Crippen LogP contribution in [0.2, 0.25) is 5.02 Å². The zero-order valence-corrected chi connectivity index (χ0v) is 19.2. The molecule has 4 aromatic rings. The average molecular weight is 466 g/mol. The number of pyridine rings is 1. The van der Waals surface area contributed by atoms with E-state index in [9.17, 15) is 9.59 Å². The van der Waals surface area contributed by atoms with Crippen LogP contribution < -0.4 is 16.0 Å². The summed E-state index contributed by atoms with van der Waals surface area (Å²) in [6.45, 7) is 4.72. The molecule has 0 amide bonds. The van der Waals surface area contributed by atoms with Crippen LogP contribution in [-0.2, 0) is 6.54 Å². The molecule has 1 aliphatic rings. The highest BCUT2D eigenvalue weighted by atomic mass is 35.5. The molecule has 0 unspecified atom stereocenters. The minimum Gasteiger partial charge on any atom is -0.477 e. The van der Waals surface area contributed by atoms with Gasteiger partial charge in [0.1, 0.15) is 5.82 Å². The van der Waals surface area contributed by atoms with Crippen molar-refractivity contribution in [1.29, 1.82) is 0 Å². The molecule has 33 heavy (non-hydrogen) atoms. The molecule has 3 heterocycles. The maximum absolute atomic E-state index is 13.0. The summed E-state index contributed by atoms with van der Waals surface area (Å²) in [4.78, 5) is 37.3. The number of hydrogen-bond donors (Lipinski definition) is 1. The fraction of sp³-hybridized carbons (Fsp3) is 0.333. The molecule has 1 fully saturated rings. The second-order valence-electron chi connectivity index (χ2n) is 8.65. The van der Waals surface area contributed by atoms with Crippen LogP contribution in [0.1, 0.15) is 38.3 Å². The van der Waals surface area contributed by atoms with Gasteiger partial charge >= 0.3 is 5.69 Å². The van der Waals surface area contributed by atoms with E-state index in [1.54, 1.807) is 18.3 Å². The Balaban J connectivity index is 1.75. The zero-order valence-electron chi connectivity index (χ0n) is 18.4. The maximum Gasteiger partial charge on any atom is 0.330 e. The largest absolute Gasteiger partial charge is 0.477 e. The predicted octanol–water partition coefficient (Wildman–Crippen LogP) is 4.02. The van der Waals surface area contributed by atoms with E-state index in [2.05, 4.69) is 9.97 Å². The standard InChI is InChI=1S/C24H24ClN5O3/c1-14(2)30-21-19(22(31)28-24(30)32)29(12-15-7-9-17(25)10-8-15)20(27-21)18-4-3-11-26-23(18)33-13-16-5-6-16/h3-4,7-11,14,16H,5-6,12-13H2,1-2H3,(H,28,31,32). The van der Waals surface area contributed by atoms with Crippen molar-refractivity contribution in [3.05, 3.63) is 74.0 Å². The van der Waals surface area contributed by atoms with E-state index >= 15 is 0 Å². The average Bonchev–Trinajstić information content (AvgIpc) is 3.54. The molecule has 1 N–H and O–H groups in total. The van der Waals surface area contributed by atoms with Crippen LogP contribution in [0.15, 0.2) is 52.2 Å². The van der Waals surface area contributed by atoms with Crippen LogP contribution in [0.4, 0.5) is 0 Å². The summed E-state index contributed by atoms with van der Waals surface area (Å²) in [6.07, 6.45) is 4.00. The minimum atomic E-state index is -0.485. The van der Waals surface area contributed by atoms with E-state index in [1.807, 2.05) is 42.7 Å². The molecule has 1 aliphatic carbocycles. The Bertz CT molecular complexity index is 1430. The molecule has 1 aromatic carbocycles. The zero-order chi connectivity index (χ0) is 23.1. The lowest BCUT2D eigenvalue weighted by molar-refractivity contribution is 0.289. The van der Waals surface area contributed by atoms with Gasteiger partial charge in [0.25, 0.3) is 5.56 Å². The van der Waals surface area contributed by atoms with Gasteiger partial charge < -0.3 is 9.30 Å². The van der Waals surface area contributed by atoms with E-state index in [0.29, 0.717) is 52.5 Å². The maximum atomic E-state index is 13.0. The molecular weight excluding hydrogens is 442 g/mol. The number of nitrogens with zero attached hydrogens (tertiary/aromatic N) is 4. The SMILES string of the molecule is CC(C)n1c(=O)[nH]c(=O)c2c1nc(-c1cccnc1OCC1CC1)n2Cc1ccc(Cl)cc1. The molecule has 0 radical (unpaired) electrons. The summed E-state index contributed by atoms with van der Waals surface area (Å²) in [5, 5.41) is 0.629. The van der Waals surface area contributed by atoms with E-state index in [0.717, 1.165) is 18.4 Å². The van der Waals surface area contributed by atoms with Crippen molar-refractivity contribution in [2.24, 2.45) is 5.92 Å². The molecule has 5 rings (SSSR count). The molecule has 3 aromatic heterocycles. The van der Waals surface area contributed by atoms with Crippen molar-refractivity contribution in [1.82, 2.24) is 24.1 Å². The molecule has 0 atom stereocenters. The Hall–Kier alpha value is -3.39. The third kappa shape index (κ3) is 4.18. The Labute approximate surface area is 194 Å². The number of rotatable bonds is 7. The number of ether oxygens (including phenoxy) is 1. The Morgan fingerprint density at radius 3 is 2.64 bits per heavy atom. The highest BCUT2D eigenvalue weighted by Crippen LogP contribution is 2.33. The quantitative estimate of drug-likeness (QED) is 0.445. The van der Waals surface area contributed by atoms with Gasteiger partial charge in [0.2, 0.25) is 5.88 Å². The third-order valence-corrected chi connectivity index (χ3v) is 6.02. The number of aromatic nitrogens is 5. The van der Waals surface area contributed by atoms with Crippen molar-refractivity contribution < 1.29 is 4.74 Å². The lowest BCUT2D eigenvalue weighted by atomic mass is 10.2. The second-order valence-corrected chi connectivity index (χ2v) is 9.09. The normalized spacial score (nSPS) is 13.7. The second kappa shape index (κ2) is 8.51. The van der Waals surface area contributed by atoms with Gasteiger partial charge in [-0.15, -0.1) is 0 Å². The number of benzene rings is 1. The first kappa shape index (κ1) is 21.5. The molecule has 0 aliphatic heterocycles. The molecule has 170 valence electrons. The van der Waals surface area contributed by atoms with Crippen LogP contribution in [0, 0.1) is 5.92 Å². The summed E-state index contributed by atoms with van der Waals surface area (Å²) >= 11 is 6.06. The van der Waals surface area contributed by atoms with Crippen molar-refractivity contribution in [2.75, 3.05) is 6.61 Å². The molecule has 8 nitrogen and oxygen atoms in total. The van der Waals surface area contributed by atoms with Crippen LogP contribution in [0.5, 0.6) is 5.88 Å². The van der Waals surface area contributed by atoms with Gasteiger partial charge in [-0.1, -0.05) is 23.7 Å². The number of H-pyrrole nitrogens is 1. The molecular formula is C24H24ClN5O3. The summed E-state index contributed by atoms with van der Waals surface area (Å²) < 4.78 is 9.34. The van der Waals surface area contributed by atoms with Crippen molar-refractivity contribution in [3.8, 4) is 17.3 Å².